The lowest BCUT2D eigenvalue weighted by molar-refractivity contribution is 0.0746. The van der Waals surface area contributed by atoms with E-state index < -0.39 is 0 Å². The molecule has 1 fully saturated rings. The van der Waals surface area contributed by atoms with Crippen molar-refractivity contribution in [2.24, 2.45) is 0 Å². The zero-order valence-electron chi connectivity index (χ0n) is 15.0. The molecule has 1 saturated heterocycles. The minimum absolute atomic E-state index is 0.00221. The molecule has 1 aromatic carbocycles. The number of benzene rings is 1. The molecule has 0 unspecified atom stereocenters. The molecule has 9 heteroatoms. The molecule has 0 spiro atoms. The molecule has 1 aliphatic heterocycles. The molecule has 1 aliphatic rings. The van der Waals surface area contributed by atoms with Gasteiger partial charge in [-0.2, -0.15) is 0 Å². The number of carbonyl (C=O) groups excluding carboxylic acids is 1. The largest absolute Gasteiger partial charge is 0.352 e. The fraction of sp³-hybridized carbons (Fsp3) is 0.211. The summed E-state index contributed by atoms with van der Waals surface area (Å²) in [6.45, 7) is 2.71. The molecular weight excluding hydrogens is 374 g/mol. The van der Waals surface area contributed by atoms with Gasteiger partial charge in [-0.25, -0.2) is 9.97 Å². The molecule has 0 saturated carbocycles. The van der Waals surface area contributed by atoms with E-state index in [9.17, 15) is 4.79 Å². The third-order valence-corrected chi connectivity index (χ3v) is 5.80. The van der Waals surface area contributed by atoms with Crippen LogP contribution >= 0.6 is 11.3 Å². The molecule has 0 N–H and O–H groups in total. The Morgan fingerprint density at radius 1 is 0.964 bits per heavy atom. The Kier molecular flexibility index (Phi) is 4.21. The Morgan fingerprint density at radius 3 is 2.46 bits per heavy atom. The maximum atomic E-state index is 12.8. The lowest BCUT2D eigenvalue weighted by Crippen LogP contribution is -2.49. The van der Waals surface area contributed by atoms with Gasteiger partial charge in [0.15, 0.2) is 16.6 Å². The Balaban J connectivity index is 1.25. The van der Waals surface area contributed by atoms with E-state index in [1.165, 1.54) is 11.3 Å². The summed E-state index contributed by atoms with van der Waals surface area (Å²) in [7, 11) is 0. The summed E-state index contributed by atoms with van der Waals surface area (Å²) in [5.74, 6) is 1.55. The first-order valence-electron chi connectivity index (χ1n) is 9.00. The quantitative estimate of drug-likeness (QED) is 0.533. The Morgan fingerprint density at radius 2 is 1.75 bits per heavy atom. The average Bonchev–Trinajstić information content (AvgIpc) is 3.43. The molecule has 1 amide bonds. The third-order valence-electron chi connectivity index (χ3n) is 4.77. The summed E-state index contributed by atoms with van der Waals surface area (Å²) in [6.07, 6.45) is 5.23. The Bertz CT molecular complexity index is 1070. The van der Waals surface area contributed by atoms with E-state index in [2.05, 4.69) is 25.1 Å². The van der Waals surface area contributed by atoms with Crippen molar-refractivity contribution < 1.29 is 4.79 Å². The van der Waals surface area contributed by atoms with Crippen LogP contribution in [0, 0.1) is 0 Å². The number of anilines is 1. The number of nitrogens with zero attached hydrogens (tertiary/aromatic N) is 7. The third kappa shape index (κ3) is 3.09. The van der Waals surface area contributed by atoms with Crippen LogP contribution < -0.4 is 4.90 Å². The maximum Gasteiger partial charge on any atom is 0.282 e. The fourth-order valence-electron chi connectivity index (χ4n) is 3.26. The second kappa shape index (κ2) is 7.01. The summed E-state index contributed by atoms with van der Waals surface area (Å²) < 4.78 is 2.85. The first-order chi connectivity index (χ1) is 13.8. The normalized spacial score (nSPS) is 14.6. The summed E-state index contributed by atoms with van der Waals surface area (Å²) in [5.41, 5.74) is 0.878. The maximum absolute atomic E-state index is 12.8. The zero-order chi connectivity index (χ0) is 18.9. The Labute approximate surface area is 165 Å². The molecule has 0 radical (unpaired) electrons. The van der Waals surface area contributed by atoms with Gasteiger partial charge < -0.3 is 9.80 Å². The van der Waals surface area contributed by atoms with Gasteiger partial charge in [-0.05, 0) is 24.3 Å². The van der Waals surface area contributed by atoms with E-state index >= 15 is 0 Å². The van der Waals surface area contributed by atoms with E-state index in [1.807, 2.05) is 52.1 Å². The van der Waals surface area contributed by atoms with Gasteiger partial charge in [-0.1, -0.05) is 12.1 Å². The molecule has 0 aliphatic carbocycles. The van der Waals surface area contributed by atoms with Crippen LogP contribution in [0.15, 0.2) is 55.1 Å². The Hall–Kier alpha value is -3.33. The predicted octanol–water partition coefficient (Wildman–Crippen LogP) is 2.23. The monoisotopic (exact) mass is 391 g/mol. The molecule has 0 atom stereocenters. The second-order valence-corrected chi connectivity index (χ2v) is 7.52. The second-order valence-electron chi connectivity index (χ2n) is 6.49. The SMILES string of the molecule is O=C(c1nc2ccccc2s1)N1CCN(c2ccc(-n3ccnc3)nn2)CC1. The number of amides is 1. The van der Waals surface area contributed by atoms with Crippen LogP contribution in [-0.4, -0.2) is 61.7 Å². The highest BCUT2D eigenvalue weighted by molar-refractivity contribution is 7.20. The first kappa shape index (κ1) is 16.8. The van der Waals surface area contributed by atoms with Crippen LogP contribution in [0.5, 0.6) is 0 Å². The topological polar surface area (TPSA) is 80.0 Å². The van der Waals surface area contributed by atoms with Gasteiger partial charge in [0.1, 0.15) is 6.33 Å². The number of fused-ring (bicyclic) bond motifs is 1. The van der Waals surface area contributed by atoms with E-state index in [-0.39, 0.29) is 5.91 Å². The van der Waals surface area contributed by atoms with E-state index in [0.29, 0.717) is 18.1 Å². The van der Waals surface area contributed by atoms with Crippen molar-refractivity contribution in [1.29, 1.82) is 0 Å². The average molecular weight is 391 g/mol. The van der Waals surface area contributed by atoms with Gasteiger partial charge in [-0.15, -0.1) is 21.5 Å². The molecule has 3 aromatic heterocycles. The standard InChI is InChI=1S/C19H17N7OS/c27-19(18-21-14-3-1-2-4-15(14)28-18)25-11-9-24(10-12-25)16-5-6-17(23-22-16)26-8-7-20-13-26/h1-8,13H,9-12H2. The van der Waals surface area contributed by atoms with Gasteiger partial charge in [-0.3, -0.25) is 9.36 Å². The highest BCUT2D eigenvalue weighted by atomic mass is 32.1. The van der Waals surface area contributed by atoms with Crippen LogP contribution in [0.1, 0.15) is 9.80 Å². The van der Waals surface area contributed by atoms with Crippen LogP contribution in [0.25, 0.3) is 16.0 Å². The van der Waals surface area contributed by atoms with Gasteiger partial charge in [0.25, 0.3) is 5.91 Å². The number of piperazine rings is 1. The van der Waals surface area contributed by atoms with Crippen molar-refractivity contribution in [1.82, 2.24) is 29.6 Å². The van der Waals surface area contributed by atoms with Gasteiger partial charge in [0.2, 0.25) is 0 Å². The highest BCUT2D eigenvalue weighted by Crippen LogP contribution is 2.23. The van der Waals surface area contributed by atoms with Crippen molar-refractivity contribution >= 4 is 33.3 Å². The van der Waals surface area contributed by atoms with Crippen molar-refractivity contribution in [3.05, 3.63) is 60.1 Å². The number of carbonyl (C=O) groups is 1. The number of hydrogen-bond acceptors (Lipinski definition) is 7. The van der Waals surface area contributed by atoms with Crippen molar-refractivity contribution in [2.75, 3.05) is 31.1 Å². The minimum Gasteiger partial charge on any atom is -0.352 e. The number of aromatic nitrogens is 5. The predicted molar refractivity (Wildman–Crippen MR) is 107 cm³/mol. The number of para-hydroxylation sites is 1. The molecular formula is C19H17N7OS. The number of imidazole rings is 1. The van der Waals surface area contributed by atoms with Gasteiger partial charge in [0.05, 0.1) is 10.2 Å². The summed E-state index contributed by atoms with van der Waals surface area (Å²) >= 11 is 1.45. The van der Waals surface area contributed by atoms with Crippen LogP contribution in [-0.2, 0) is 0 Å². The van der Waals surface area contributed by atoms with Crippen LogP contribution in [0.2, 0.25) is 0 Å². The summed E-state index contributed by atoms with van der Waals surface area (Å²) in [6, 6.07) is 11.7. The number of hydrogen-bond donors (Lipinski definition) is 0. The number of rotatable bonds is 3. The van der Waals surface area contributed by atoms with E-state index in [4.69, 9.17) is 0 Å². The van der Waals surface area contributed by atoms with E-state index in [0.717, 1.165) is 34.9 Å². The molecule has 28 heavy (non-hydrogen) atoms. The first-order valence-corrected chi connectivity index (χ1v) is 9.81. The molecule has 5 rings (SSSR count). The zero-order valence-corrected chi connectivity index (χ0v) is 15.8. The van der Waals surface area contributed by atoms with Gasteiger partial charge in [0, 0.05) is 38.6 Å². The molecule has 0 bridgehead atoms. The highest BCUT2D eigenvalue weighted by Gasteiger charge is 2.25. The van der Waals surface area contributed by atoms with Crippen molar-refractivity contribution in [2.45, 2.75) is 0 Å². The fourth-order valence-corrected chi connectivity index (χ4v) is 4.19. The van der Waals surface area contributed by atoms with Crippen molar-refractivity contribution in [3.63, 3.8) is 0 Å². The summed E-state index contributed by atoms with van der Waals surface area (Å²) in [5, 5.41) is 9.15. The molecule has 4 aromatic rings. The summed E-state index contributed by atoms with van der Waals surface area (Å²) in [4.78, 5) is 25.3. The molecule has 8 nitrogen and oxygen atoms in total. The molecule has 140 valence electrons. The minimum atomic E-state index is 0.00221. The van der Waals surface area contributed by atoms with Crippen molar-refractivity contribution in [3.8, 4) is 5.82 Å². The smallest absolute Gasteiger partial charge is 0.282 e. The van der Waals surface area contributed by atoms with E-state index in [1.54, 1.807) is 12.5 Å². The molecule has 4 heterocycles. The number of thiazole rings is 1. The van der Waals surface area contributed by atoms with Gasteiger partial charge >= 0.3 is 0 Å². The van der Waals surface area contributed by atoms with Crippen LogP contribution in [0.4, 0.5) is 5.82 Å². The lowest BCUT2D eigenvalue weighted by Gasteiger charge is -2.34. The van der Waals surface area contributed by atoms with Crippen LogP contribution in [0.3, 0.4) is 0 Å². The lowest BCUT2D eigenvalue weighted by atomic mass is 10.3.